The van der Waals surface area contributed by atoms with Crippen molar-refractivity contribution in [3.05, 3.63) is 59.2 Å². The molecule has 0 aliphatic carbocycles. The van der Waals surface area contributed by atoms with Crippen LogP contribution in [-0.2, 0) is 4.79 Å². The topological polar surface area (TPSA) is 67.4 Å². The first-order valence-corrected chi connectivity index (χ1v) is 9.27. The molecule has 2 aromatic carbocycles. The van der Waals surface area contributed by atoms with Gasteiger partial charge in [0.05, 0.1) is 11.3 Å². The fourth-order valence-electron chi connectivity index (χ4n) is 2.52. The molecule has 2 N–H and O–H groups in total. The van der Waals surface area contributed by atoms with Crippen molar-refractivity contribution in [2.75, 3.05) is 5.32 Å². The van der Waals surface area contributed by atoms with E-state index in [0.29, 0.717) is 17.0 Å². The molecule has 0 aliphatic rings. The molecule has 5 heteroatoms. The zero-order valence-corrected chi connectivity index (χ0v) is 16.6. The molecule has 0 aliphatic heterocycles. The van der Waals surface area contributed by atoms with Gasteiger partial charge in [-0.05, 0) is 63.4 Å². The third kappa shape index (κ3) is 5.33. The zero-order chi connectivity index (χ0) is 20.0. The number of para-hydroxylation sites is 1. The minimum atomic E-state index is -0.698. The van der Waals surface area contributed by atoms with Crippen molar-refractivity contribution in [1.82, 2.24) is 5.32 Å². The summed E-state index contributed by atoms with van der Waals surface area (Å²) in [5.74, 6) is 0.170. The van der Waals surface area contributed by atoms with E-state index in [2.05, 4.69) is 10.6 Å². The van der Waals surface area contributed by atoms with Crippen LogP contribution in [0.4, 0.5) is 5.69 Å². The van der Waals surface area contributed by atoms with Crippen LogP contribution < -0.4 is 15.4 Å². The molecule has 0 unspecified atom stereocenters. The number of carbonyl (C=O) groups excluding carboxylic acids is 2. The summed E-state index contributed by atoms with van der Waals surface area (Å²) in [5.41, 5.74) is 3.02. The molecule has 2 rings (SSSR count). The fraction of sp³-hybridized carbons (Fsp3) is 0.364. The molecule has 0 saturated heterocycles. The molecule has 0 heterocycles. The lowest BCUT2D eigenvalue weighted by atomic mass is 10.1. The highest BCUT2D eigenvalue weighted by Gasteiger charge is 2.19. The number of rotatable bonds is 7. The van der Waals surface area contributed by atoms with Crippen LogP contribution in [0.1, 0.15) is 48.7 Å². The van der Waals surface area contributed by atoms with Crippen molar-refractivity contribution in [3.63, 3.8) is 0 Å². The largest absolute Gasteiger partial charge is 0.481 e. The molecule has 2 atom stereocenters. The second-order valence-electron chi connectivity index (χ2n) is 6.78. The summed E-state index contributed by atoms with van der Waals surface area (Å²) in [6.07, 6.45) is 0.136. The zero-order valence-electron chi connectivity index (χ0n) is 16.6. The van der Waals surface area contributed by atoms with Crippen LogP contribution in [0.3, 0.4) is 0 Å². The van der Waals surface area contributed by atoms with E-state index in [1.807, 2.05) is 45.9 Å². The summed E-state index contributed by atoms with van der Waals surface area (Å²) in [6.45, 7) is 9.60. The van der Waals surface area contributed by atoms with E-state index in [0.717, 1.165) is 17.5 Å². The van der Waals surface area contributed by atoms with Crippen molar-refractivity contribution in [1.29, 1.82) is 0 Å². The molecule has 0 fully saturated rings. The van der Waals surface area contributed by atoms with E-state index >= 15 is 0 Å². The normalized spacial score (nSPS) is 12.8. The van der Waals surface area contributed by atoms with E-state index < -0.39 is 6.10 Å². The summed E-state index contributed by atoms with van der Waals surface area (Å²) in [5, 5.41) is 5.73. The van der Waals surface area contributed by atoms with Gasteiger partial charge in [-0.1, -0.05) is 31.2 Å². The molecule has 5 nitrogen and oxygen atoms in total. The molecular formula is C22H28N2O3. The van der Waals surface area contributed by atoms with E-state index in [1.165, 1.54) is 0 Å². The van der Waals surface area contributed by atoms with Crippen LogP contribution in [0.5, 0.6) is 5.75 Å². The van der Waals surface area contributed by atoms with Gasteiger partial charge >= 0.3 is 0 Å². The Bertz CT molecular complexity index is 817. The quantitative estimate of drug-likeness (QED) is 0.768. The highest BCUT2D eigenvalue weighted by atomic mass is 16.5. The number of hydrogen-bond acceptors (Lipinski definition) is 3. The Morgan fingerprint density at radius 3 is 2.44 bits per heavy atom. The predicted octanol–water partition coefficient (Wildman–Crippen LogP) is 4.24. The van der Waals surface area contributed by atoms with Crippen LogP contribution in [0, 0.1) is 13.8 Å². The summed E-state index contributed by atoms with van der Waals surface area (Å²) < 4.78 is 5.83. The molecule has 0 saturated carbocycles. The number of carbonyl (C=O) groups is 2. The summed E-state index contributed by atoms with van der Waals surface area (Å²) in [4.78, 5) is 25.1. The maximum absolute atomic E-state index is 12.6. The number of anilines is 1. The molecule has 27 heavy (non-hydrogen) atoms. The van der Waals surface area contributed by atoms with Crippen molar-refractivity contribution in [2.45, 2.75) is 53.2 Å². The molecule has 2 aromatic rings. The Morgan fingerprint density at radius 2 is 1.74 bits per heavy atom. The van der Waals surface area contributed by atoms with Gasteiger partial charge in [0, 0.05) is 6.04 Å². The number of aryl methyl sites for hydroxylation is 1. The lowest BCUT2D eigenvalue weighted by Gasteiger charge is -2.19. The van der Waals surface area contributed by atoms with Gasteiger partial charge in [-0.2, -0.15) is 0 Å². The standard InChI is InChI=1S/C22H28N2O3/c1-6-15(3)23-22(26)18-11-7-8-12-19(18)24-21(25)17(5)27-20-13-9-10-14(2)16(20)4/h7-13,15,17H,6H2,1-5H3,(H,23,26)(H,24,25)/t15-,17-/m0/s1. The Morgan fingerprint density at radius 1 is 1.04 bits per heavy atom. The molecule has 0 bridgehead atoms. The van der Waals surface area contributed by atoms with Gasteiger partial charge in [-0.25, -0.2) is 0 Å². The van der Waals surface area contributed by atoms with Crippen molar-refractivity contribution < 1.29 is 14.3 Å². The van der Waals surface area contributed by atoms with Crippen LogP contribution in [0.15, 0.2) is 42.5 Å². The number of hydrogen-bond donors (Lipinski definition) is 2. The molecular weight excluding hydrogens is 340 g/mol. The molecule has 0 radical (unpaired) electrons. The Labute approximate surface area is 161 Å². The number of nitrogens with one attached hydrogen (secondary N) is 2. The first-order chi connectivity index (χ1) is 12.8. The van der Waals surface area contributed by atoms with Crippen molar-refractivity contribution in [2.24, 2.45) is 0 Å². The smallest absolute Gasteiger partial charge is 0.265 e. The molecule has 2 amide bonds. The number of ether oxygens (including phenoxy) is 1. The molecule has 0 aromatic heterocycles. The van der Waals surface area contributed by atoms with Crippen molar-refractivity contribution >= 4 is 17.5 Å². The van der Waals surface area contributed by atoms with Crippen LogP contribution >= 0.6 is 0 Å². The lowest BCUT2D eigenvalue weighted by Crippen LogP contribution is -2.34. The van der Waals surface area contributed by atoms with Crippen LogP contribution in [-0.4, -0.2) is 24.0 Å². The van der Waals surface area contributed by atoms with E-state index in [4.69, 9.17) is 4.74 Å². The molecule has 144 valence electrons. The SMILES string of the molecule is CC[C@H](C)NC(=O)c1ccccc1NC(=O)[C@H](C)Oc1cccc(C)c1C. The minimum absolute atomic E-state index is 0.0628. The highest BCUT2D eigenvalue weighted by molar-refractivity contribution is 6.04. The average Bonchev–Trinajstić information content (AvgIpc) is 2.65. The second kappa shape index (κ2) is 9.21. The Kier molecular flexibility index (Phi) is 6.99. The third-order valence-electron chi connectivity index (χ3n) is 4.65. The van der Waals surface area contributed by atoms with Gasteiger partial charge in [0.15, 0.2) is 6.10 Å². The third-order valence-corrected chi connectivity index (χ3v) is 4.65. The van der Waals surface area contributed by atoms with Crippen LogP contribution in [0.2, 0.25) is 0 Å². The number of amides is 2. The van der Waals surface area contributed by atoms with Gasteiger partial charge in [-0.3, -0.25) is 9.59 Å². The maximum Gasteiger partial charge on any atom is 0.265 e. The maximum atomic E-state index is 12.6. The molecule has 0 spiro atoms. The van der Waals surface area contributed by atoms with Gasteiger partial charge in [0.1, 0.15) is 5.75 Å². The second-order valence-corrected chi connectivity index (χ2v) is 6.78. The number of benzene rings is 2. The fourth-order valence-corrected chi connectivity index (χ4v) is 2.52. The first kappa shape index (κ1) is 20.5. The van der Waals surface area contributed by atoms with E-state index in [9.17, 15) is 9.59 Å². The van der Waals surface area contributed by atoms with Gasteiger partial charge in [-0.15, -0.1) is 0 Å². The Balaban J connectivity index is 2.11. The summed E-state index contributed by atoms with van der Waals surface area (Å²) in [7, 11) is 0. The van der Waals surface area contributed by atoms with Gasteiger partial charge < -0.3 is 15.4 Å². The first-order valence-electron chi connectivity index (χ1n) is 9.27. The van der Waals surface area contributed by atoms with E-state index in [-0.39, 0.29) is 17.9 Å². The highest BCUT2D eigenvalue weighted by Crippen LogP contribution is 2.22. The minimum Gasteiger partial charge on any atom is -0.481 e. The van der Waals surface area contributed by atoms with Crippen molar-refractivity contribution in [3.8, 4) is 5.75 Å². The van der Waals surface area contributed by atoms with Gasteiger partial charge in [0.25, 0.3) is 11.8 Å². The predicted molar refractivity (Wildman–Crippen MR) is 108 cm³/mol. The van der Waals surface area contributed by atoms with Crippen LogP contribution in [0.25, 0.3) is 0 Å². The lowest BCUT2D eigenvalue weighted by molar-refractivity contribution is -0.122. The monoisotopic (exact) mass is 368 g/mol. The van der Waals surface area contributed by atoms with E-state index in [1.54, 1.807) is 31.2 Å². The Hall–Kier alpha value is -2.82. The van der Waals surface area contributed by atoms with Gasteiger partial charge in [0.2, 0.25) is 0 Å². The summed E-state index contributed by atoms with van der Waals surface area (Å²) in [6, 6.07) is 12.8. The summed E-state index contributed by atoms with van der Waals surface area (Å²) >= 11 is 0. The average molecular weight is 368 g/mol.